The lowest BCUT2D eigenvalue weighted by atomic mass is 10.1. The van der Waals surface area contributed by atoms with Crippen molar-refractivity contribution in [2.75, 3.05) is 24.7 Å². The van der Waals surface area contributed by atoms with Crippen LogP contribution in [0.2, 0.25) is 0 Å². The molecule has 1 rings (SSSR count). The second-order valence-electron chi connectivity index (χ2n) is 4.33. The molecule has 1 fully saturated rings. The van der Waals surface area contributed by atoms with E-state index in [1.807, 2.05) is 6.92 Å². The lowest BCUT2D eigenvalue weighted by molar-refractivity contribution is 0.0674. The largest absolute Gasteiger partial charge is 0.377 e. The van der Waals surface area contributed by atoms with E-state index >= 15 is 0 Å². The Morgan fingerprint density at radius 3 is 2.73 bits per heavy atom. The summed E-state index contributed by atoms with van der Waals surface area (Å²) < 4.78 is 5.52. The van der Waals surface area contributed by atoms with Gasteiger partial charge in [-0.1, -0.05) is 12.8 Å². The first-order chi connectivity index (χ1) is 7.36. The van der Waals surface area contributed by atoms with E-state index in [-0.39, 0.29) is 6.10 Å². The van der Waals surface area contributed by atoms with E-state index < -0.39 is 0 Å². The monoisotopic (exact) mass is 231 g/mol. The van der Waals surface area contributed by atoms with Gasteiger partial charge in [0.2, 0.25) is 0 Å². The Labute approximate surface area is 98.3 Å². The fourth-order valence-corrected chi connectivity index (χ4v) is 3.41. The molecule has 0 aromatic heterocycles. The van der Waals surface area contributed by atoms with Gasteiger partial charge in [-0.25, -0.2) is 0 Å². The van der Waals surface area contributed by atoms with Crippen molar-refractivity contribution in [1.29, 1.82) is 0 Å². The second kappa shape index (κ2) is 8.43. The van der Waals surface area contributed by atoms with E-state index in [0.717, 1.165) is 18.9 Å². The van der Waals surface area contributed by atoms with Crippen LogP contribution in [0.25, 0.3) is 0 Å². The van der Waals surface area contributed by atoms with Crippen LogP contribution in [0.5, 0.6) is 0 Å². The van der Waals surface area contributed by atoms with Crippen LogP contribution in [0.4, 0.5) is 0 Å². The SMILES string of the molecule is CCOC(CN)CCSCC1CCCC1. The zero-order valence-electron chi connectivity index (χ0n) is 9.91. The van der Waals surface area contributed by atoms with Crippen molar-refractivity contribution < 1.29 is 4.74 Å². The van der Waals surface area contributed by atoms with Gasteiger partial charge in [-0.3, -0.25) is 0 Å². The Morgan fingerprint density at radius 1 is 1.40 bits per heavy atom. The molecule has 90 valence electrons. The Bertz CT molecular complexity index is 149. The molecule has 0 aromatic rings. The van der Waals surface area contributed by atoms with E-state index in [0.29, 0.717) is 6.54 Å². The average Bonchev–Trinajstić information content (AvgIpc) is 2.75. The summed E-state index contributed by atoms with van der Waals surface area (Å²) in [5.41, 5.74) is 5.63. The molecule has 0 spiro atoms. The van der Waals surface area contributed by atoms with Gasteiger partial charge in [0.1, 0.15) is 0 Å². The molecule has 0 aliphatic heterocycles. The summed E-state index contributed by atoms with van der Waals surface area (Å²) in [5.74, 6) is 3.56. The predicted molar refractivity (Wildman–Crippen MR) is 68.4 cm³/mol. The summed E-state index contributed by atoms with van der Waals surface area (Å²) in [4.78, 5) is 0. The molecular formula is C12H25NOS. The average molecular weight is 231 g/mol. The fraction of sp³-hybridized carbons (Fsp3) is 1.00. The number of nitrogens with two attached hydrogens (primary N) is 1. The molecule has 0 bridgehead atoms. The van der Waals surface area contributed by atoms with Crippen LogP contribution in [-0.4, -0.2) is 30.8 Å². The third kappa shape index (κ3) is 5.79. The molecule has 1 atom stereocenters. The van der Waals surface area contributed by atoms with E-state index in [1.165, 1.54) is 37.2 Å². The molecule has 1 unspecified atom stereocenters. The van der Waals surface area contributed by atoms with Crippen LogP contribution in [0.3, 0.4) is 0 Å². The minimum atomic E-state index is 0.283. The molecule has 0 aromatic carbocycles. The van der Waals surface area contributed by atoms with Crippen LogP contribution >= 0.6 is 11.8 Å². The van der Waals surface area contributed by atoms with Crippen molar-refractivity contribution in [3.8, 4) is 0 Å². The van der Waals surface area contributed by atoms with Crippen molar-refractivity contribution in [3.05, 3.63) is 0 Å². The quantitative estimate of drug-likeness (QED) is 0.652. The van der Waals surface area contributed by atoms with Crippen LogP contribution < -0.4 is 5.73 Å². The Morgan fingerprint density at radius 2 is 2.13 bits per heavy atom. The number of thioether (sulfide) groups is 1. The minimum Gasteiger partial charge on any atom is -0.377 e. The van der Waals surface area contributed by atoms with Gasteiger partial charge in [0.25, 0.3) is 0 Å². The maximum Gasteiger partial charge on any atom is 0.0705 e. The number of hydrogen-bond acceptors (Lipinski definition) is 3. The van der Waals surface area contributed by atoms with Crippen molar-refractivity contribution in [3.63, 3.8) is 0 Å². The van der Waals surface area contributed by atoms with Gasteiger partial charge in [-0.2, -0.15) is 11.8 Å². The maximum absolute atomic E-state index is 5.63. The standard InChI is InChI=1S/C12H25NOS/c1-2-14-12(9-13)7-8-15-10-11-5-3-4-6-11/h11-12H,2-10,13H2,1H3. The summed E-state index contributed by atoms with van der Waals surface area (Å²) in [6, 6.07) is 0. The van der Waals surface area contributed by atoms with E-state index in [4.69, 9.17) is 10.5 Å². The fourth-order valence-electron chi connectivity index (χ4n) is 2.15. The van der Waals surface area contributed by atoms with Gasteiger partial charge >= 0.3 is 0 Å². The summed E-state index contributed by atoms with van der Waals surface area (Å²) in [5, 5.41) is 0. The van der Waals surface area contributed by atoms with Crippen LogP contribution in [0.15, 0.2) is 0 Å². The highest BCUT2D eigenvalue weighted by molar-refractivity contribution is 7.99. The summed E-state index contributed by atoms with van der Waals surface area (Å²) in [6.45, 7) is 3.49. The lowest BCUT2D eigenvalue weighted by Gasteiger charge is -2.15. The molecule has 3 heteroatoms. The van der Waals surface area contributed by atoms with Gasteiger partial charge in [0.15, 0.2) is 0 Å². The van der Waals surface area contributed by atoms with Crippen molar-refractivity contribution in [2.24, 2.45) is 11.7 Å². The first kappa shape index (κ1) is 13.3. The van der Waals surface area contributed by atoms with Gasteiger partial charge in [-0.15, -0.1) is 0 Å². The molecule has 2 nitrogen and oxygen atoms in total. The topological polar surface area (TPSA) is 35.2 Å². The van der Waals surface area contributed by atoms with Crippen LogP contribution in [-0.2, 0) is 4.74 Å². The number of rotatable bonds is 8. The van der Waals surface area contributed by atoms with E-state index in [2.05, 4.69) is 11.8 Å². The molecule has 1 aliphatic rings. The van der Waals surface area contributed by atoms with Gasteiger partial charge < -0.3 is 10.5 Å². The first-order valence-electron chi connectivity index (χ1n) is 6.26. The molecule has 15 heavy (non-hydrogen) atoms. The normalized spacial score (nSPS) is 19.6. The molecular weight excluding hydrogens is 206 g/mol. The van der Waals surface area contributed by atoms with Crippen molar-refractivity contribution in [1.82, 2.24) is 0 Å². The van der Waals surface area contributed by atoms with Crippen molar-refractivity contribution >= 4 is 11.8 Å². The summed E-state index contributed by atoms with van der Waals surface area (Å²) >= 11 is 2.08. The molecule has 0 radical (unpaired) electrons. The highest BCUT2D eigenvalue weighted by Gasteiger charge is 2.14. The van der Waals surface area contributed by atoms with E-state index in [9.17, 15) is 0 Å². The van der Waals surface area contributed by atoms with Gasteiger partial charge in [0.05, 0.1) is 6.10 Å². The van der Waals surface area contributed by atoms with Crippen molar-refractivity contribution in [2.45, 2.75) is 45.1 Å². The molecule has 1 aliphatic carbocycles. The minimum absolute atomic E-state index is 0.283. The first-order valence-corrected chi connectivity index (χ1v) is 7.41. The lowest BCUT2D eigenvalue weighted by Crippen LogP contribution is -2.24. The van der Waals surface area contributed by atoms with Crippen LogP contribution in [0, 0.1) is 5.92 Å². The van der Waals surface area contributed by atoms with E-state index in [1.54, 1.807) is 0 Å². The molecule has 2 N–H and O–H groups in total. The highest BCUT2D eigenvalue weighted by atomic mass is 32.2. The zero-order valence-corrected chi connectivity index (χ0v) is 10.7. The summed E-state index contributed by atoms with van der Waals surface area (Å²) in [7, 11) is 0. The van der Waals surface area contributed by atoms with Gasteiger partial charge in [-0.05, 0) is 43.6 Å². The third-order valence-electron chi connectivity index (χ3n) is 3.08. The predicted octanol–water partition coefficient (Wildman–Crippen LogP) is 2.66. The second-order valence-corrected chi connectivity index (χ2v) is 5.48. The third-order valence-corrected chi connectivity index (χ3v) is 4.31. The Kier molecular flexibility index (Phi) is 7.49. The Balaban J connectivity index is 1.94. The highest BCUT2D eigenvalue weighted by Crippen LogP contribution is 2.28. The molecule has 0 saturated heterocycles. The van der Waals surface area contributed by atoms with Gasteiger partial charge in [0, 0.05) is 13.2 Å². The smallest absolute Gasteiger partial charge is 0.0705 e. The Hall–Kier alpha value is 0.270. The number of hydrogen-bond donors (Lipinski definition) is 1. The number of ether oxygens (including phenoxy) is 1. The summed E-state index contributed by atoms with van der Waals surface area (Å²) in [6.07, 6.45) is 7.22. The van der Waals surface area contributed by atoms with Crippen LogP contribution in [0.1, 0.15) is 39.0 Å². The molecule has 0 heterocycles. The molecule has 1 saturated carbocycles. The molecule has 0 amide bonds. The maximum atomic E-state index is 5.63. The zero-order chi connectivity index (χ0) is 10.9.